The van der Waals surface area contributed by atoms with Gasteiger partial charge in [-0.2, -0.15) is 0 Å². The van der Waals surface area contributed by atoms with Gasteiger partial charge in [-0.3, -0.25) is 9.59 Å². The molecule has 0 bridgehead atoms. The van der Waals surface area contributed by atoms with E-state index >= 15 is 0 Å². The lowest BCUT2D eigenvalue weighted by Gasteiger charge is -2.70. The summed E-state index contributed by atoms with van der Waals surface area (Å²) in [7, 11) is 1.46. The summed E-state index contributed by atoms with van der Waals surface area (Å²) in [4.78, 5) is 25.1. The number of carboxylic acid groups (broad SMARTS) is 1. The van der Waals surface area contributed by atoms with E-state index in [0.717, 1.165) is 44.1 Å². The minimum Gasteiger partial charge on any atom is -0.481 e. The predicted molar refractivity (Wildman–Crippen MR) is 141 cm³/mol. The van der Waals surface area contributed by atoms with Gasteiger partial charge in [-0.25, -0.2) is 0 Å². The van der Waals surface area contributed by atoms with E-state index in [1.807, 2.05) is 6.92 Å². The largest absolute Gasteiger partial charge is 0.481 e. The lowest BCUT2D eigenvalue weighted by Crippen LogP contribution is -2.65. The van der Waals surface area contributed by atoms with Crippen molar-refractivity contribution in [2.24, 2.45) is 51.2 Å². The van der Waals surface area contributed by atoms with Gasteiger partial charge < -0.3 is 14.9 Å². The van der Waals surface area contributed by atoms with Crippen molar-refractivity contribution < 1.29 is 24.5 Å². The number of carbonyl (C=O) groups excluding carboxylic acids is 1. The number of allylic oxidation sites excluding steroid dienone is 2. The zero-order valence-electron chi connectivity index (χ0n) is 23.4. The van der Waals surface area contributed by atoms with Crippen LogP contribution in [-0.4, -0.2) is 35.4 Å². The molecule has 4 aliphatic rings. The first-order chi connectivity index (χ1) is 16.7. The molecule has 10 atom stereocenters. The van der Waals surface area contributed by atoms with Crippen LogP contribution in [0.4, 0.5) is 0 Å². The highest BCUT2D eigenvalue weighted by Gasteiger charge is 2.72. The van der Waals surface area contributed by atoms with Gasteiger partial charge in [0.05, 0.1) is 18.6 Å². The number of esters is 1. The minimum absolute atomic E-state index is 0.0184. The summed E-state index contributed by atoms with van der Waals surface area (Å²) in [5.41, 5.74) is 1.05. The summed E-state index contributed by atoms with van der Waals surface area (Å²) in [6.07, 6.45) is 6.34. The van der Waals surface area contributed by atoms with E-state index in [1.165, 1.54) is 12.7 Å². The Kier molecular flexibility index (Phi) is 6.85. The van der Waals surface area contributed by atoms with E-state index in [2.05, 4.69) is 40.9 Å². The number of aliphatic hydroxyl groups excluding tert-OH is 1. The SMILES string of the molecule is C=C(C)[C@@H]1C[C@H](O)[C@]2(C(=O)O)CC[C@]3(C)[C@H](CC[C@@H]4[C@@](C)(CCC(=O)OC)[C@H](C(=C)C)CC[C@]43C)[C@@H]12. The Balaban J connectivity index is 1.78. The number of methoxy groups -OCH3 is 1. The van der Waals surface area contributed by atoms with Crippen molar-refractivity contribution >= 4 is 11.9 Å². The Morgan fingerprint density at radius 2 is 1.64 bits per heavy atom. The summed E-state index contributed by atoms with van der Waals surface area (Å²) in [6.45, 7) is 20.0. The Hall–Kier alpha value is -1.62. The number of fused-ring (bicyclic) bond motifs is 5. The minimum atomic E-state index is -1.07. The molecule has 0 saturated heterocycles. The van der Waals surface area contributed by atoms with Gasteiger partial charge in [-0.05, 0) is 111 Å². The molecular formula is C31H48O5. The van der Waals surface area contributed by atoms with Crippen molar-refractivity contribution in [1.29, 1.82) is 0 Å². The molecule has 36 heavy (non-hydrogen) atoms. The van der Waals surface area contributed by atoms with Crippen LogP contribution in [0.5, 0.6) is 0 Å². The summed E-state index contributed by atoms with van der Waals surface area (Å²) in [5.74, 6) is -0.0212. The standard InChI is InChI=1S/C31H48O5/c1-18(2)20-17-24(32)31(27(34)35)16-15-29(6)22(26(20)31)9-10-23-28(5,13-12-25(33)36-8)21(19(3)4)11-14-30(23,29)7/h20-24,26,32H,1,3,9-17H2,2,4-8H3,(H,34,35)/t20-,21-,22+,23+,24-,26+,28-,29+,30+,31+/m0/s1. The van der Waals surface area contributed by atoms with Crippen LogP contribution in [0.25, 0.3) is 0 Å². The molecule has 5 heteroatoms. The van der Waals surface area contributed by atoms with E-state index in [0.29, 0.717) is 31.1 Å². The first-order valence-corrected chi connectivity index (χ1v) is 14.0. The molecule has 0 spiro atoms. The zero-order chi connectivity index (χ0) is 26.8. The molecule has 0 aliphatic heterocycles. The van der Waals surface area contributed by atoms with Crippen LogP contribution in [0, 0.1) is 51.2 Å². The highest BCUT2D eigenvalue weighted by atomic mass is 16.5. The molecule has 4 aliphatic carbocycles. The summed E-state index contributed by atoms with van der Waals surface area (Å²) < 4.78 is 5.03. The highest BCUT2D eigenvalue weighted by Crippen LogP contribution is 2.76. The average molecular weight is 501 g/mol. The fourth-order valence-corrected chi connectivity index (χ4v) is 10.5. The van der Waals surface area contributed by atoms with E-state index in [1.54, 1.807) is 0 Å². The third-order valence-corrected chi connectivity index (χ3v) is 12.5. The average Bonchev–Trinajstić information content (AvgIpc) is 3.11. The lowest BCUT2D eigenvalue weighted by molar-refractivity contribution is -0.225. The van der Waals surface area contributed by atoms with Crippen molar-refractivity contribution in [3.8, 4) is 0 Å². The van der Waals surface area contributed by atoms with E-state index in [9.17, 15) is 19.8 Å². The van der Waals surface area contributed by atoms with Crippen LogP contribution in [0.2, 0.25) is 0 Å². The quantitative estimate of drug-likeness (QED) is 0.325. The number of rotatable bonds is 6. The number of carbonyl (C=O) groups is 2. The van der Waals surface area contributed by atoms with Crippen LogP contribution in [-0.2, 0) is 14.3 Å². The Bertz CT molecular complexity index is 955. The molecule has 5 nitrogen and oxygen atoms in total. The number of hydrogen-bond acceptors (Lipinski definition) is 4. The Labute approximate surface area is 217 Å². The molecule has 0 aromatic heterocycles. The van der Waals surface area contributed by atoms with Crippen LogP contribution >= 0.6 is 0 Å². The maximum atomic E-state index is 12.8. The zero-order valence-corrected chi connectivity index (χ0v) is 23.4. The second-order valence-corrected chi connectivity index (χ2v) is 13.7. The molecule has 2 N–H and O–H groups in total. The first kappa shape index (κ1) is 27.4. The predicted octanol–water partition coefficient (Wildman–Crippen LogP) is 6.41. The molecule has 202 valence electrons. The number of aliphatic carboxylic acids is 1. The van der Waals surface area contributed by atoms with Gasteiger partial charge in [0.15, 0.2) is 0 Å². The molecule has 4 saturated carbocycles. The third kappa shape index (κ3) is 3.50. The van der Waals surface area contributed by atoms with Crippen LogP contribution < -0.4 is 0 Å². The van der Waals surface area contributed by atoms with Gasteiger partial charge >= 0.3 is 11.9 Å². The Morgan fingerprint density at radius 3 is 2.19 bits per heavy atom. The van der Waals surface area contributed by atoms with E-state index in [4.69, 9.17) is 4.74 Å². The topological polar surface area (TPSA) is 83.8 Å². The van der Waals surface area contributed by atoms with Gasteiger partial charge in [0.2, 0.25) is 0 Å². The molecule has 4 rings (SSSR count). The maximum absolute atomic E-state index is 12.8. The molecular weight excluding hydrogens is 452 g/mol. The van der Waals surface area contributed by atoms with Crippen molar-refractivity contribution in [2.45, 2.75) is 98.5 Å². The number of ether oxygens (including phenoxy) is 1. The molecule has 0 aromatic rings. The maximum Gasteiger partial charge on any atom is 0.312 e. The van der Waals surface area contributed by atoms with Crippen molar-refractivity contribution in [1.82, 2.24) is 0 Å². The van der Waals surface area contributed by atoms with Crippen molar-refractivity contribution in [3.63, 3.8) is 0 Å². The normalized spacial score (nSPS) is 47.8. The summed E-state index contributed by atoms with van der Waals surface area (Å²) in [5, 5.41) is 21.7. The third-order valence-electron chi connectivity index (χ3n) is 12.5. The van der Waals surface area contributed by atoms with Gasteiger partial charge in [0.25, 0.3) is 0 Å². The second kappa shape index (κ2) is 8.99. The molecule has 4 fully saturated rings. The van der Waals surface area contributed by atoms with Crippen LogP contribution in [0.1, 0.15) is 92.4 Å². The fourth-order valence-electron chi connectivity index (χ4n) is 10.5. The van der Waals surface area contributed by atoms with Gasteiger partial charge in [0.1, 0.15) is 0 Å². The van der Waals surface area contributed by atoms with E-state index < -0.39 is 17.5 Å². The molecule has 0 unspecified atom stereocenters. The van der Waals surface area contributed by atoms with Gasteiger partial charge in [-0.1, -0.05) is 45.1 Å². The molecule has 0 radical (unpaired) electrons. The lowest BCUT2D eigenvalue weighted by atomic mass is 9.34. The van der Waals surface area contributed by atoms with Crippen molar-refractivity contribution in [2.75, 3.05) is 7.11 Å². The monoisotopic (exact) mass is 500 g/mol. The van der Waals surface area contributed by atoms with Crippen LogP contribution in [0.15, 0.2) is 24.3 Å². The van der Waals surface area contributed by atoms with Gasteiger partial charge in [-0.15, -0.1) is 0 Å². The summed E-state index contributed by atoms with van der Waals surface area (Å²) >= 11 is 0. The number of aliphatic hydroxyl groups is 1. The smallest absolute Gasteiger partial charge is 0.312 e. The highest BCUT2D eigenvalue weighted by molar-refractivity contribution is 5.77. The molecule has 0 heterocycles. The van der Waals surface area contributed by atoms with Crippen molar-refractivity contribution in [3.05, 3.63) is 24.3 Å². The van der Waals surface area contributed by atoms with E-state index in [-0.39, 0.29) is 40.0 Å². The van der Waals surface area contributed by atoms with Crippen LogP contribution in [0.3, 0.4) is 0 Å². The summed E-state index contributed by atoms with van der Waals surface area (Å²) in [6, 6.07) is 0. The number of hydrogen-bond donors (Lipinski definition) is 2. The molecule has 0 aromatic carbocycles. The second-order valence-electron chi connectivity index (χ2n) is 13.7. The first-order valence-electron chi connectivity index (χ1n) is 14.0. The number of carboxylic acids is 1. The Morgan fingerprint density at radius 1 is 0.972 bits per heavy atom. The fraction of sp³-hybridized carbons (Fsp3) is 0.806. The molecule has 0 amide bonds. The van der Waals surface area contributed by atoms with Gasteiger partial charge in [0, 0.05) is 6.42 Å².